The largest absolute Gasteiger partial charge is 0.313 e. The Kier molecular flexibility index (Phi) is 3.99. The summed E-state index contributed by atoms with van der Waals surface area (Å²) in [5.41, 5.74) is 0.613. The highest BCUT2D eigenvalue weighted by atomic mass is 32.2. The van der Waals surface area contributed by atoms with E-state index in [-0.39, 0.29) is 17.6 Å². The number of sulfonamides is 1. The fourth-order valence-electron chi connectivity index (χ4n) is 2.03. The van der Waals surface area contributed by atoms with Crippen molar-refractivity contribution in [2.24, 2.45) is 0 Å². The fraction of sp³-hybridized carbons (Fsp3) is 0.500. The van der Waals surface area contributed by atoms with E-state index in [1.54, 1.807) is 0 Å². The topological polar surface area (TPSA) is 49.4 Å². The van der Waals surface area contributed by atoms with Gasteiger partial charge in [0.25, 0.3) is 0 Å². The van der Waals surface area contributed by atoms with Gasteiger partial charge in [-0.2, -0.15) is 4.31 Å². The van der Waals surface area contributed by atoms with Crippen molar-refractivity contribution in [2.45, 2.75) is 18.7 Å². The zero-order valence-corrected chi connectivity index (χ0v) is 11.1. The summed E-state index contributed by atoms with van der Waals surface area (Å²) in [5.74, 6) is -0.427. The van der Waals surface area contributed by atoms with Crippen LogP contribution >= 0.6 is 0 Å². The molecule has 6 heteroatoms. The maximum absolute atomic E-state index is 12.8. The third-order valence-electron chi connectivity index (χ3n) is 3.10. The van der Waals surface area contributed by atoms with Crippen LogP contribution in [0.2, 0.25) is 0 Å². The number of halogens is 1. The summed E-state index contributed by atoms with van der Waals surface area (Å²) in [4.78, 5) is 0. The van der Waals surface area contributed by atoms with E-state index < -0.39 is 10.0 Å². The first kappa shape index (κ1) is 13.5. The van der Waals surface area contributed by atoms with Crippen molar-refractivity contribution in [1.82, 2.24) is 9.62 Å². The van der Waals surface area contributed by atoms with Crippen LogP contribution in [0.3, 0.4) is 0 Å². The molecule has 1 aliphatic heterocycles. The van der Waals surface area contributed by atoms with Crippen LogP contribution in [0.1, 0.15) is 12.5 Å². The number of hydrogen-bond acceptors (Lipinski definition) is 3. The molecule has 0 aliphatic carbocycles. The molecule has 1 heterocycles. The summed E-state index contributed by atoms with van der Waals surface area (Å²) >= 11 is 0. The van der Waals surface area contributed by atoms with Crippen molar-refractivity contribution >= 4 is 10.0 Å². The smallest absolute Gasteiger partial charge is 0.218 e. The average molecular weight is 272 g/mol. The van der Waals surface area contributed by atoms with Gasteiger partial charge in [-0.3, -0.25) is 0 Å². The quantitative estimate of drug-likeness (QED) is 0.868. The first-order chi connectivity index (χ1) is 8.53. The molecule has 100 valence electrons. The lowest BCUT2D eigenvalue weighted by Gasteiger charge is -2.36. The van der Waals surface area contributed by atoms with Crippen LogP contribution in [0, 0.1) is 5.82 Å². The number of likely N-dealkylation sites (N-methyl/N-ethyl adjacent to an activating group) is 1. The number of nitrogens with one attached hydrogen (secondary N) is 1. The van der Waals surface area contributed by atoms with E-state index in [1.807, 2.05) is 6.92 Å². The monoisotopic (exact) mass is 272 g/mol. The zero-order valence-electron chi connectivity index (χ0n) is 10.3. The Hall–Kier alpha value is -0.980. The maximum Gasteiger partial charge on any atom is 0.218 e. The Bertz CT molecular complexity index is 497. The third-order valence-corrected chi connectivity index (χ3v) is 5.07. The van der Waals surface area contributed by atoms with Crippen LogP contribution in [-0.4, -0.2) is 38.4 Å². The average Bonchev–Trinajstić information content (AvgIpc) is 2.25. The predicted molar refractivity (Wildman–Crippen MR) is 68.1 cm³/mol. The second-order valence-electron chi connectivity index (χ2n) is 4.40. The minimum atomic E-state index is -3.33. The van der Waals surface area contributed by atoms with Gasteiger partial charge in [0.05, 0.1) is 5.75 Å². The number of rotatable bonds is 5. The van der Waals surface area contributed by atoms with Gasteiger partial charge in [-0.25, -0.2) is 12.8 Å². The van der Waals surface area contributed by atoms with Gasteiger partial charge >= 0.3 is 0 Å². The Morgan fingerprint density at radius 2 is 1.94 bits per heavy atom. The van der Waals surface area contributed by atoms with Gasteiger partial charge in [0.15, 0.2) is 0 Å². The van der Waals surface area contributed by atoms with Crippen LogP contribution in [0.15, 0.2) is 24.3 Å². The van der Waals surface area contributed by atoms with Gasteiger partial charge in [0.2, 0.25) is 10.0 Å². The molecular formula is C12H17FN2O2S. The summed E-state index contributed by atoms with van der Waals surface area (Å²) in [6, 6.07) is 5.65. The molecule has 18 heavy (non-hydrogen) atoms. The molecule has 0 aromatic heterocycles. The van der Waals surface area contributed by atoms with E-state index in [1.165, 1.54) is 28.6 Å². The molecule has 0 amide bonds. The van der Waals surface area contributed by atoms with E-state index >= 15 is 0 Å². The van der Waals surface area contributed by atoms with Crippen LogP contribution in [0.4, 0.5) is 4.39 Å². The molecule has 0 spiro atoms. The Morgan fingerprint density at radius 3 is 2.39 bits per heavy atom. The lowest BCUT2D eigenvalue weighted by atomic mass is 10.2. The van der Waals surface area contributed by atoms with E-state index in [9.17, 15) is 12.8 Å². The Labute approximate surface area is 107 Å². The molecule has 1 aliphatic rings. The standard InChI is InChI=1S/C12H17FN2O2S/c1-2-15(12-7-14-8-12)18(16,17)9-10-3-5-11(13)6-4-10/h3-6,12,14H,2,7-9H2,1H3. The van der Waals surface area contributed by atoms with Gasteiger partial charge < -0.3 is 5.32 Å². The second-order valence-corrected chi connectivity index (χ2v) is 6.32. The van der Waals surface area contributed by atoms with E-state index in [0.29, 0.717) is 25.2 Å². The van der Waals surface area contributed by atoms with Crippen LogP contribution in [-0.2, 0) is 15.8 Å². The molecule has 0 atom stereocenters. The summed E-state index contributed by atoms with van der Waals surface area (Å²) in [7, 11) is -3.33. The van der Waals surface area contributed by atoms with Crippen LogP contribution in [0.5, 0.6) is 0 Å². The molecule has 0 bridgehead atoms. The lowest BCUT2D eigenvalue weighted by Crippen LogP contribution is -2.58. The van der Waals surface area contributed by atoms with Crippen molar-refractivity contribution in [3.05, 3.63) is 35.6 Å². The minimum absolute atomic E-state index is 0.0560. The highest BCUT2D eigenvalue weighted by Crippen LogP contribution is 2.16. The van der Waals surface area contributed by atoms with Crippen molar-refractivity contribution in [1.29, 1.82) is 0 Å². The van der Waals surface area contributed by atoms with Crippen molar-refractivity contribution in [3.8, 4) is 0 Å². The SMILES string of the molecule is CCN(C1CNC1)S(=O)(=O)Cc1ccc(F)cc1. The van der Waals surface area contributed by atoms with Gasteiger partial charge in [-0.15, -0.1) is 0 Å². The van der Waals surface area contributed by atoms with Gasteiger partial charge in [0.1, 0.15) is 5.82 Å². The molecule has 2 rings (SSSR count). The van der Waals surface area contributed by atoms with Crippen molar-refractivity contribution in [3.63, 3.8) is 0 Å². The van der Waals surface area contributed by atoms with E-state index in [0.717, 1.165) is 0 Å². The van der Waals surface area contributed by atoms with Gasteiger partial charge in [-0.1, -0.05) is 19.1 Å². The first-order valence-electron chi connectivity index (χ1n) is 5.97. The molecule has 1 saturated heterocycles. The number of hydrogen-bond donors (Lipinski definition) is 1. The predicted octanol–water partition coefficient (Wildman–Crippen LogP) is 0.949. The third kappa shape index (κ3) is 2.88. The highest BCUT2D eigenvalue weighted by Gasteiger charge is 2.32. The molecule has 1 aromatic rings. The molecule has 0 radical (unpaired) electrons. The Balaban J connectivity index is 2.12. The molecule has 0 saturated carbocycles. The second kappa shape index (κ2) is 5.34. The zero-order chi connectivity index (χ0) is 13.2. The maximum atomic E-state index is 12.8. The summed E-state index contributed by atoms with van der Waals surface area (Å²) in [5, 5.41) is 3.06. The van der Waals surface area contributed by atoms with E-state index in [4.69, 9.17) is 0 Å². The highest BCUT2D eigenvalue weighted by molar-refractivity contribution is 7.88. The lowest BCUT2D eigenvalue weighted by molar-refractivity contribution is 0.249. The van der Waals surface area contributed by atoms with Crippen LogP contribution < -0.4 is 5.32 Å². The first-order valence-corrected chi connectivity index (χ1v) is 7.58. The number of nitrogens with zero attached hydrogens (tertiary/aromatic N) is 1. The molecular weight excluding hydrogens is 255 g/mol. The van der Waals surface area contributed by atoms with Gasteiger partial charge in [-0.05, 0) is 17.7 Å². The van der Waals surface area contributed by atoms with Crippen LogP contribution in [0.25, 0.3) is 0 Å². The molecule has 1 fully saturated rings. The molecule has 0 unspecified atom stereocenters. The summed E-state index contributed by atoms with van der Waals surface area (Å²) in [6.45, 7) is 3.71. The number of benzene rings is 1. The molecule has 1 N–H and O–H groups in total. The van der Waals surface area contributed by atoms with Crippen molar-refractivity contribution < 1.29 is 12.8 Å². The molecule has 1 aromatic carbocycles. The van der Waals surface area contributed by atoms with Gasteiger partial charge in [0, 0.05) is 25.7 Å². The van der Waals surface area contributed by atoms with E-state index in [2.05, 4.69) is 5.32 Å². The summed E-state index contributed by atoms with van der Waals surface area (Å²) in [6.07, 6.45) is 0. The molecule has 4 nitrogen and oxygen atoms in total. The Morgan fingerprint density at radius 1 is 1.33 bits per heavy atom. The minimum Gasteiger partial charge on any atom is -0.313 e. The summed E-state index contributed by atoms with van der Waals surface area (Å²) < 4.78 is 38.8. The fourth-order valence-corrected chi connectivity index (χ4v) is 3.81. The van der Waals surface area contributed by atoms with Crippen molar-refractivity contribution in [2.75, 3.05) is 19.6 Å². The normalized spacial score (nSPS) is 16.8.